The lowest BCUT2D eigenvalue weighted by molar-refractivity contribution is 0.261. The molecule has 2 heterocycles. The van der Waals surface area contributed by atoms with Gasteiger partial charge in [0, 0.05) is 25.1 Å². The van der Waals surface area contributed by atoms with Crippen molar-refractivity contribution >= 4 is 29.9 Å². The van der Waals surface area contributed by atoms with Crippen molar-refractivity contribution in [2.75, 3.05) is 6.61 Å². The van der Waals surface area contributed by atoms with Crippen LogP contribution in [-0.4, -0.2) is 33.4 Å². The van der Waals surface area contributed by atoms with Crippen molar-refractivity contribution in [2.45, 2.75) is 44.8 Å². The Bertz CT molecular complexity index is 854. The maximum atomic E-state index is 5.78. The monoisotopic (exact) mass is 494 g/mol. The van der Waals surface area contributed by atoms with Crippen molar-refractivity contribution in [3.63, 3.8) is 0 Å². The number of hydrogen-bond acceptors (Lipinski definition) is 4. The summed E-state index contributed by atoms with van der Waals surface area (Å²) in [6.45, 7) is 3.13. The quantitative estimate of drug-likeness (QED) is 0.296. The van der Waals surface area contributed by atoms with Crippen LogP contribution in [0.15, 0.2) is 41.4 Å². The Morgan fingerprint density at radius 2 is 2.00 bits per heavy atom. The molecule has 8 heteroatoms. The van der Waals surface area contributed by atoms with Crippen LogP contribution in [0.25, 0.3) is 0 Å². The Labute approximate surface area is 182 Å². The first-order valence-electron chi connectivity index (χ1n) is 9.50. The molecule has 1 aromatic heterocycles. The predicted molar refractivity (Wildman–Crippen MR) is 120 cm³/mol. The fraction of sp³-hybridized carbons (Fsp3) is 0.450. The number of nitrogens with one attached hydrogen (secondary N) is 2. The molecule has 28 heavy (non-hydrogen) atoms. The Morgan fingerprint density at radius 1 is 1.21 bits per heavy atom. The molecule has 0 bridgehead atoms. The summed E-state index contributed by atoms with van der Waals surface area (Å²) in [5.41, 5.74) is 1.18. The van der Waals surface area contributed by atoms with Crippen molar-refractivity contribution in [3.05, 3.63) is 53.6 Å². The SMILES string of the molecule is Cc1nnc(CN=C(NC2CC=CC2)NC2CCOc3ccccc32)n1C.I. The maximum Gasteiger partial charge on any atom is 0.192 e. The lowest BCUT2D eigenvalue weighted by Gasteiger charge is -2.29. The topological polar surface area (TPSA) is 76.4 Å². The number of rotatable bonds is 4. The fourth-order valence-corrected chi connectivity index (χ4v) is 3.46. The Kier molecular flexibility index (Phi) is 6.93. The van der Waals surface area contributed by atoms with Crippen LogP contribution in [0.4, 0.5) is 0 Å². The third-order valence-electron chi connectivity index (χ3n) is 5.18. The summed E-state index contributed by atoms with van der Waals surface area (Å²) in [6.07, 6.45) is 7.38. The van der Waals surface area contributed by atoms with Crippen molar-refractivity contribution < 1.29 is 4.74 Å². The minimum Gasteiger partial charge on any atom is -0.493 e. The van der Waals surface area contributed by atoms with E-state index in [0.717, 1.165) is 42.6 Å². The minimum atomic E-state index is 0. The van der Waals surface area contributed by atoms with Gasteiger partial charge in [-0.05, 0) is 25.8 Å². The summed E-state index contributed by atoms with van der Waals surface area (Å²) < 4.78 is 7.76. The summed E-state index contributed by atoms with van der Waals surface area (Å²) >= 11 is 0. The van der Waals surface area contributed by atoms with Crippen molar-refractivity contribution in [2.24, 2.45) is 12.0 Å². The molecule has 150 valence electrons. The van der Waals surface area contributed by atoms with Gasteiger partial charge in [-0.1, -0.05) is 30.4 Å². The minimum absolute atomic E-state index is 0. The summed E-state index contributed by atoms with van der Waals surface area (Å²) in [4.78, 5) is 4.80. The number of aliphatic imine (C=N–C) groups is 1. The number of fused-ring (bicyclic) bond motifs is 1. The standard InChI is InChI=1S/C20H26N6O.HI/c1-14-24-25-19(26(14)2)13-21-20(22-15-7-3-4-8-15)23-17-11-12-27-18-10-6-5-9-16(17)18;/h3-6,9-10,15,17H,7-8,11-13H2,1-2H3,(H2,21,22,23);1H. The van der Waals surface area contributed by atoms with E-state index in [2.05, 4.69) is 45.1 Å². The average Bonchev–Trinajstić information content (AvgIpc) is 3.31. The molecule has 2 aromatic rings. The molecule has 2 aliphatic rings. The zero-order valence-corrected chi connectivity index (χ0v) is 18.6. The number of nitrogens with zero attached hydrogens (tertiary/aromatic N) is 4. The zero-order chi connectivity index (χ0) is 18.6. The van der Waals surface area contributed by atoms with Gasteiger partial charge in [0.2, 0.25) is 0 Å². The number of benzene rings is 1. The van der Waals surface area contributed by atoms with Gasteiger partial charge < -0.3 is 19.9 Å². The fourth-order valence-electron chi connectivity index (χ4n) is 3.46. The Morgan fingerprint density at radius 3 is 2.75 bits per heavy atom. The zero-order valence-electron chi connectivity index (χ0n) is 16.3. The third-order valence-corrected chi connectivity index (χ3v) is 5.18. The van der Waals surface area contributed by atoms with Crippen LogP contribution in [0.3, 0.4) is 0 Å². The normalized spacial score (nSPS) is 18.9. The predicted octanol–water partition coefficient (Wildman–Crippen LogP) is 3.02. The van der Waals surface area contributed by atoms with Crippen molar-refractivity contribution in [1.29, 1.82) is 0 Å². The molecular weight excluding hydrogens is 467 g/mol. The van der Waals surface area contributed by atoms with Crippen LogP contribution in [0.2, 0.25) is 0 Å². The molecule has 0 radical (unpaired) electrons. The number of halogens is 1. The maximum absolute atomic E-state index is 5.78. The number of ether oxygens (including phenoxy) is 1. The Hall–Kier alpha value is -2.10. The van der Waals surface area contributed by atoms with Gasteiger partial charge in [0.15, 0.2) is 11.8 Å². The summed E-state index contributed by atoms with van der Waals surface area (Å²) in [6, 6.07) is 8.76. The van der Waals surface area contributed by atoms with Gasteiger partial charge in [0.25, 0.3) is 0 Å². The van der Waals surface area contributed by atoms with E-state index in [-0.39, 0.29) is 30.0 Å². The first-order chi connectivity index (χ1) is 13.2. The third kappa shape index (κ3) is 4.65. The second-order valence-corrected chi connectivity index (χ2v) is 7.04. The summed E-state index contributed by atoms with van der Waals surface area (Å²) in [5, 5.41) is 15.5. The van der Waals surface area contributed by atoms with Gasteiger partial charge in [-0.25, -0.2) is 4.99 Å². The van der Waals surface area contributed by atoms with Crippen LogP contribution in [0, 0.1) is 6.92 Å². The van der Waals surface area contributed by atoms with E-state index < -0.39 is 0 Å². The van der Waals surface area contributed by atoms with E-state index in [1.165, 1.54) is 5.56 Å². The van der Waals surface area contributed by atoms with Gasteiger partial charge in [-0.2, -0.15) is 0 Å². The van der Waals surface area contributed by atoms with E-state index in [4.69, 9.17) is 9.73 Å². The van der Waals surface area contributed by atoms with Gasteiger partial charge in [0.1, 0.15) is 18.1 Å². The van der Waals surface area contributed by atoms with Gasteiger partial charge in [-0.15, -0.1) is 34.2 Å². The molecule has 2 N–H and O–H groups in total. The van der Waals surface area contributed by atoms with Gasteiger partial charge in [-0.3, -0.25) is 0 Å². The highest BCUT2D eigenvalue weighted by atomic mass is 127. The first-order valence-corrected chi connectivity index (χ1v) is 9.50. The average molecular weight is 494 g/mol. The molecule has 0 fully saturated rings. The van der Waals surface area contributed by atoms with Crippen molar-refractivity contribution in [1.82, 2.24) is 25.4 Å². The highest BCUT2D eigenvalue weighted by Gasteiger charge is 2.23. The van der Waals surface area contributed by atoms with Crippen LogP contribution >= 0.6 is 24.0 Å². The largest absolute Gasteiger partial charge is 0.493 e. The molecule has 1 aromatic carbocycles. The molecule has 0 spiro atoms. The molecule has 1 unspecified atom stereocenters. The molecule has 7 nitrogen and oxygen atoms in total. The molecule has 1 aliphatic heterocycles. The van der Waals surface area contributed by atoms with Crippen LogP contribution in [0.5, 0.6) is 5.75 Å². The van der Waals surface area contributed by atoms with Crippen molar-refractivity contribution in [3.8, 4) is 5.75 Å². The second kappa shape index (κ2) is 9.40. The molecule has 0 saturated heterocycles. The number of aromatic nitrogens is 3. The van der Waals surface area contributed by atoms with Gasteiger partial charge in [0.05, 0.1) is 12.6 Å². The van der Waals surface area contributed by atoms with E-state index in [0.29, 0.717) is 19.2 Å². The molecule has 4 rings (SSSR count). The van der Waals surface area contributed by atoms with E-state index in [1.54, 1.807) is 0 Å². The van der Waals surface area contributed by atoms with E-state index >= 15 is 0 Å². The molecule has 0 amide bonds. The lowest BCUT2D eigenvalue weighted by atomic mass is 10.0. The highest BCUT2D eigenvalue weighted by molar-refractivity contribution is 14.0. The van der Waals surface area contributed by atoms with Crippen LogP contribution in [0.1, 0.15) is 42.5 Å². The first kappa shape index (κ1) is 20.6. The highest BCUT2D eigenvalue weighted by Crippen LogP contribution is 2.31. The van der Waals surface area contributed by atoms with Crippen LogP contribution in [-0.2, 0) is 13.6 Å². The summed E-state index contributed by atoms with van der Waals surface area (Å²) in [7, 11) is 1.97. The number of aryl methyl sites for hydroxylation is 1. The molecular formula is C20H27IN6O. The second-order valence-electron chi connectivity index (χ2n) is 7.04. The molecule has 1 aliphatic carbocycles. The van der Waals surface area contributed by atoms with E-state index in [1.807, 2.05) is 30.7 Å². The van der Waals surface area contributed by atoms with E-state index in [9.17, 15) is 0 Å². The smallest absolute Gasteiger partial charge is 0.192 e. The van der Waals surface area contributed by atoms with Crippen LogP contribution < -0.4 is 15.4 Å². The molecule has 0 saturated carbocycles. The summed E-state index contributed by atoms with van der Waals surface area (Å²) in [5.74, 6) is 3.50. The Balaban J connectivity index is 0.00000225. The number of guanidine groups is 1. The molecule has 1 atom stereocenters. The lowest BCUT2D eigenvalue weighted by Crippen LogP contribution is -2.45. The van der Waals surface area contributed by atoms with Gasteiger partial charge >= 0.3 is 0 Å². The number of hydrogen-bond donors (Lipinski definition) is 2. The number of para-hydroxylation sites is 1.